The van der Waals surface area contributed by atoms with E-state index in [0.717, 1.165) is 57.0 Å². The molecule has 4 fully saturated rings. The van der Waals surface area contributed by atoms with E-state index in [0.29, 0.717) is 31.3 Å². The Morgan fingerprint density at radius 2 is 1.78 bits per heavy atom. The Bertz CT molecular complexity index is 1000. The molecule has 0 aromatic carbocycles. The fraction of sp³-hybridized carbons (Fsp3) is 0.781. The average Bonchev–Trinajstić information content (AvgIpc) is 3.20. The first-order chi connectivity index (χ1) is 17.7. The molecule has 1 saturated heterocycles. The maximum absolute atomic E-state index is 15.4. The van der Waals surface area contributed by atoms with Crippen LogP contribution in [0.4, 0.5) is 8.78 Å². The van der Waals surface area contributed by atoms with E-state index in [2.05, 4.69) is 11.9 Å². The Morgan fingerprint density at radius 3 is 2.49 bits per heavy atom. The Balaban J connectivity index is 1.36. The van der Waals surface area contributed by atoms with Crippen LogP contribution in [0.2, 0.25) is 0 Å². The van der Waals surface area contributed by atoms with Crippen molar-refractivity contribution in [3.63, 3.8) is 0 Å². The third kappa shape index (κ3) is 3.96. The standard InChI is InChI=1S/C32H45F2NO2/c1-3-32(33,34)31(37)15-14-28-26-12-10-22-17-24(36)11-13-25(22)29(26)27(18-30(28,31)2)21-8-6-20(7-9-21)23-5-4-16-35-19-23/h3,17,20-21,23,26-28,35,37H,1,4-16,18-19H2,2H3/t20?,21?,23?,26?,27-,28?,30+,31+/m1/s1. The molecule has 6 atom stereocenters. The minimum atomic E-state index is -3.30. The quantitative estimate of drug-likeness (QED) is 0.408. The summed E-state index contributed by atoms with van der Waals surface area (Å²) in [6, 6.07) is 0. The minimum Gasteiger partial charge on any atom is -0.383 e. The summed E-state index contributed by atoms with van der Waals surface area (Å²) >= 11 is 0. The number of carbonyl (C=O) groups is 1. The largest absolute Gasteiger partial charge is 0.383 e. The third-order valence-corrected chi connectivity index (χ3v) is 12.1. The lowest BCUT2D eigenvalue weighted by atomic mass is 9.49. The number of nitrogens with one attached hydrogen (secondary N) is 1. The van der Waals surface area contributed by atoms with Crippen LogP contribution in [0, 0.1) is 40.9 Å². The van der Waals surface area contributed by atoms with Crippen LogP contribution >= 0.6 is 0 Å². The number of ketones is 1. The lowest BCUT2D eigenvalue weighted by Gasteiger charge is -2.57. The highest BCUT2D eigenvalue weighted by molar-refractivity contribution is 5.93. The van der Waals surface area contributed by atoms with Gasteiger partial charge in [-0.15, -0.1) is 0 Å². The summed E-state index contributed by atoms with van der Waals surface area (Å²) in [5.74, 6) is -0.496. The van der Waals surface area contributed by atoms with Crippen molar-refractivity contribution in [1.82, 2.24) is 5.32 Å². The highest BCUT2D eigenvalue weighted by atomic mass is 19.3. The van der Waals surface area contributed by atoms with Crippen molar-refractivity contribution >= 4 is 5.78 Å². The van der Waals surface area contributed by atoms with Gasteiger partial charge in [-0.25, -0.2) is 0 Å². The minimum absolute atomic E-state index is 0.0610. The number of rotatable bonds is 4. The fourth-order valence-electron chi connectivity index (χ4n) is 10.2. The molecule has 1 aliphatic heterocycles. The van der Waals surface area contributed by atoms with Crippen molar-refractivity contribution in [2.75, 3.05) is 13.1 Å². The van der Waals surface area contributed by atoms with E-state index in [1.165, 1.54) is 42.4 Å². The number of carbonyl (C=O) groups excluding carboxylic acids is 1. The number of hydrogen-bond donors (Lipinski definition) is 2. The normalized spacial score (nSPS) is 44.5. The molecule has 6 rings (SSSR count). The molecule has 204 valence electrons. The predicted octanol–water partition coefficient (Wildman–Crippen LogP) is 6.78. The van der Waals surface area contributed by atoms with Gasteiger partial charge >= 0.3 is 0 Å². The van der Waals surface area contributed by atoms with Gasteiger partial charge in [0.1, 0.15) is 5.60 Å². The zero-order valence-electron chi connectivity index (χ0n) is 22.5. The van der Waals surface area contributed by atoms with Crippen LogP contribution in [0.1, 0.15) is 90.4 Å². The first-order valence-corrected chi connectivity index (χ1v) is 15.1. The summed E-state index contributed by atoms with van der Waals surface area (Å²) < 4.78 is 30.8. The molecule has 0 radical (unpaired) electrons. The Hall–Kier alpha value is -1.33. The Kier molecular flexibility index (Phi) is 6.58. The first kappa shape index (κ1) is 25.9. The van der Waals surface area contributed by atoms with Gasteiger partial charge in [-0.05, 0) is 149 Å². The van der Waals surface area contributed by atoms with Crippen molar-refractivity contribution in [2.24, 2.45) is 40.9 Å². The lowest BCUT2D eigenvalue weighted by Crippen LogP contribution is -2.60. The van der Waals surface area contributed by atoms with E-state index >= 15 is 8.78 Å². The van der Waals surface area contributed by atoms with Crippen molar-refractivity contribution in [2.45, 2.75) is 102 Å². The molecule has 0 aromatic heterocycles. The molecule has 6 aliphatic rings. The second kappa shape index (κ2) is 9.40. The molecular formula is C32H45F2NO2. The van der Waals surface area contributed by atoms with Gasteiger partial charge in [0.15, 0.2) is 5.78 Å². The van der Waals surface area contributed by atoms with Gasteiger partial charge in [0, 0.05) is 11.8 Å². The smallest absolute Gasteiger partial charge is 0.294 e. The number of piperidine rings is 1. The van der Waals surface area contributed by atoms with Gasteiger partial charge in [-0.3, -0.25) is 4.79 Å². The van der Waals surface area contributed by atoms with E-state index in [-0.39, 0.29) is 30.0 Å². The molecule has 3 unspecified atom stereocenters. The molecule has 3 nitrogen and oxygen atoms in total. The molecule has 5 heteroatoms. The highest BCUT2D eigenvalue weighted by Gasteiger charge is 2.70. The molecule has 5 aliphatic carbocycles. The maximum Gasteiger partial charge on any atom is 0.294 e. The summed E-state index contributed by atoms with van der Waals surface area (Å²) in [7, 11) is 0. The molecule has 3 saturated carbocycles. The van der Waals surface area contributed by atoms with Gasteiger partial charge in [-0.2, -0.15) is 8.78 Å². The molecule has 0 aromatic rings. The predicted molar refractivity (Wildman–Crippen MR) is 142 cm³/mol. The van der Waals surface area contributed by atoms with Crippen LogP contribution < -0.4 is 5.32 Å². The van der Waals surface area contributed by atoms with Crippen molar-refractivity contribution in [1.29, 1.82) is 0 Å². The molecule has 0 spiro atoms. The van der Waals surface area contributed by atoms with E-state index in [1.54, 1.807) is 0 Å². The average molecular weight is 514 g/mol. The monoisotopic (exact) mass is 513 g/mol. The Labute approximate surface area is 221 Å². The number of hydrogen-bond acceptors (Lipinski definition) is 3. The second-order valence-electron chi connectivity index (χ2n) is 13.6. The molecule has 0 amide bonds. The van der Waals surface area contributed by atoms with Gasteiger partial charge in [0.25, 0.3) is 5.92 Å². The summed E-state index contributed by atoms with van der Waals surface area (Å²) in [6.45, 7) is 7.69. The van der Waals surface area contributed by atoms with Crippen molar-refractivity contribution in [3.8, 4) is 0 Å². The zero-order valence-corrected chi connectivity index (χ0v) is 22.5. The van der Waals surface area contributed by atoms with Crippen molar-refractivity contribution in [3.05, 3.63) is 35.5 Å². The fourth-order valence-corrected chi connectivity index (χ4v) is 10.2. The van der Waals surface area contributed by atoms with E-state index in [9.17, 15) is 9.90 Å². The topological polar surface area (TPSA) is 49.3 Å². The SMILES string of the molecule is C=CC(F)(F)[C@]1(O)CCC2C3CCC4=CC(=O)CCC4=C3[C@@H](C3CCC(C4CCCNC4)CC3)C[C@@]21C. The number of alkyl halides is 2. The van der Waals surface area contributed by atoms with Gasteiger partial charge in [-0.1, -0.05) is 19.1 Å². The number of allylic oxidation sites excluding steroid dienone is 4. The van der Waals surface area contributed by atoms with Crippen LogP contribution in [-0.4, -0.2) is 35.5 Å². The summed E-state index contributed by atoms with van der Waals surface area (Å²) in [5.41, 5.74) is 1.27. The highest BCUT2D eigenvalue weighted by Crippen LogP contribution is 2.69. The molecule has 1 heterocycles. The summed E-state index contributed by atoms with van der Waals surface area (Å²) in [4.78, 5) is 12.3. The number of halogens is 2. The maximum atomic E-state index is 15.4. The Morgan fingerprint density at radius 1 is 1.03 bits per heavy atom. The number of fused-ring (bicyclic) bond motifs is 4. The van der Waals surface area contributed by atoms with Crippen LogP contribution in [0.25, 0.3) is 0 Å². The summed E-state index contributed by atoms with van der Waals surface area (Å²) in [6.07, 6.45) is 14.6. The van der Waals surface area contributed by atoms with Crippen molar-refractivity contribution < 1.29 is 18.7 Å². The van der Waals surface area contributed by atoms with Crippen LogP contribution in [0.3, 0.4) is 0 Å². The third-order valence-electron chi connectivity index (χ3n) is 12.1. The molecular weight excluding hydrogens is 468 g/mol. The molecule has 2 N–H and O–H groups in total. The van der Waals surface area contributed by atoms with E-state index in [4.69, 9.17) is 0 Å². The van der Waals surface area contributed by atoms with E-state index < -0.39 is 16.9 Å². The van der Waals surface area contributed by atoms with Crippen LogP contribution in [-0.2, 0) is 4.79 Å². The number of aliphatic hydroxyl groups is 1. The first-order valence-electron chi connectivity index (χ1n) is 15.1. The molecule has 0 bridgehead atoms. The van der Waals surface area contributed by atoms with Crippen LogP contribution in [0.5, 0.6) is 0 Å². The second-order valence-corrected chi connectivity index (χ2v) is 13.6. The van der Waals surface area contributed by atoms with Crippen LogP contribution in [0.15, 0.2) is 35.5 Å². The zero-order chi connectivity index (χ0) is 26.0. The van der Waals surface area contributed by atoms with Gasteiger partial charge < -0.3 is 10.4 Å². The van der Waals surface area contributed by atoms with Gasteiger partial charge in [0.05, 0.1) is 0 Å². The van der Waals surface area contributed by atoms with Gasteiger partial charge in [0.2, 0.25) is 0 Å². The lowest BCUT2D eigenvalue weighted by molar-refractivity contribution is -0.217. The van der Waals surface area contributed by atoms with E-state index in [1.807, 2.05) is 13.0 Å². The molecule has 37 heavy (non-hydrogen) atoms. The summed E-state index contributed by atoms with van der Waals surface area (Å²) in [5, 5.41) is 15.3.